The van der Waals surface area contributed by atoms with Crippen molar-refractivity contribution in [3.05, 3.63) is 76.3 Å². The van der Waals surface area contributed by atoms with E-state index < -0.39 is 0 Å². The zero-order valence-electron chi connectivity index (χ0n) is 18.2. The second-order valence-electron chi connectivity index (χ2n) is 8.64. The van der Waals surface area contributed by atoms with E-state index >= 15 is 0 Å². The fourth-order valence-corrected chi connectivity index (χ4v) is 4.91. The highest BCUT2D eigenvalue weighted by Gasteiger charge is 2.48. The van der Waals surface area contributed by atoms with E-state index in [-0.39, 0.29) is 16.9 Å². The molecule has 0 bridgehead atoms. The molecule has 7 heteroatoms. The van der Waals surface area contributed by atoms with Crippen molar-refractivity contribution in [1.82, 2.24) is 19.7 Å². The Morgan fingerprint density at radius 1 is 1.03 bits per heavy atom. The van der Waals surface area contributed by atoms with E-state index in [1.54, 1.807) is 11.7 Å². The lowest BCUT2D eigenvalue weighted by Crippen LogP contribution is -2.35. The molecule has 2 aromatic carbocycles. The number of ether oxygens (including phenoxy) is 1. The monoisotopic (exact) mass is 430 g/mol. The molecule has 0 N–H and O–H groups in total. The molecule has 32 heavy (non-hydrogen) atoms. The van der Waals surface area contributed by atoms with Crippen LogP contribution in [-0.2, 0) is 23.2 Å². The Labute approximate surface area is 186 Å². The molecule has 3 aromatic rings. The maximum absolute atomic E-state index is 13.2. The highest BCUT2D eigenvalue weighted by molar-refractivity contribution is 5.77. The molecule has 164 valence electrons. The fourth-order valence-electron chi connectivity index (χ4n) is 4.91. The smallest absolute Gasteiger partial charge is 0.280 e. The lowest BCUT2D eigenvalue weighted by Gasteiger charge is -2.23. The summed E-state index contributed by atoms with van der Waals surface area (Å²) in [5, 5.41) is 8.82. The van der Waals surface area contributed by atoms with Crippen LogP contribution < -0.4 is 10.3 Å². The average Bonchev–Trinajstić information content (AvgIpc) is 3.44. The first-order chi connectivity index (χ1) is 15.6. The molecule has 0 unspecified atom stereocenters. The Hall–Kier alpha value is -3.48. The predicted octanol–water partition coefficient (Wildman–Crippen LogP) is 2.82. The number of benzene rings is 2. The van der Waals surface area contributed by atoms with E-state index in [2.05, 4.69) is 10.2 Å². The van der Waals surface area contributed by atoms with Crippen molar-refractivity contribution in [2.24, 2.45) is 0 Å². The first-order valence-corrected chi connectivity index (χ1v) is 11.0. The minimum Gasteiger partial charge on any atom is -0.497 e. The lowest BCUT2D eigenvalue weighted by molar-refractivity contribution is -0.130. The molecule has 1 spiro atoms. The van der Waals surface area contributed by atoms with Crippen LogP contribution in [0.15, 0.2) is 59.4 Å². The zero-order chi connectivity index (χ0) is 22.1. The van der Waals surface area contributed by atoms with Crippen molar-refractivity contribution in [2.45, 2.75) is 37.6 Å². The SMILES string of the molecule is COc1ccc(-c2nnc3n(c2=O)CC[C@]32CCN(C(=O)CCc3ccccc3)C2)cc1. The summed E-state index contributed by atoms with van der Waals surface area (Å²) in [4.78, 5) is 28.0. The zero-order valence-corrected chi connectivity index (χ0v) is 18.2. The number of rotatable bonds is 5. The molecule has 3 heterocycles. The van der Waals surface area contributed by atoms with Crippen molar-refractivity contribution in [2.75, 3.05) is 20.2 Å². The van der Waals surface area contributed by atoms with Gasteiger partial charge >= 0.3 is 0 Å². The number of aromatic nitrogens is 3. The molecule has 1 fully saturated rings. The van der Waals surface area contributed by atoms with Gasteiger partial charge in [-0.05, 0) is 49.1 Å². The van der Waals surface area contributed by atoms with Crippen LogP contribution in [0.25, 0.3) is 11.3 Å². The van der Waals surface area contributed by atoms with Crippen molar-refractivity contribution < 1.29 is 9.53 Å². The summed E-state index contributed by atoms with van der Waals surface area (Å²) in [6.45, 7) is 1.92. The first-order valence-electron chi connectivity index (χ1n) is 11.0. The molecule has 2 aliphatic heterocycles. The minimum absolute atomic E-state index is 0.120. The van der Waals surface area contributed by atoms with E-state index in [4.69, 9.17) is 4.74 Å². The molecule has 0 radical (unpaired) electrons. The lowest BCUT2D eigenvalue weighted by atomic mass is 9.85. The Kier molecular flexibility index (Phi) is 5.25. The van der Waals surface area contributed by atoms with Crippen LogP contribution in [0.1, 0.15) is 30.7 Å². The van der Waals surface area contributed by atoms with E-state index in [1.165, 1.54) is 5.56 Å². The van der Waals surface area contributed by atoms with E-state index in [0.29, 0.717) is 31.7 Å². The number of hydrogen-bond donors (Lipinski definition) is 0. The standard InChI is InChI=1S/C25H26N4O3/c1-32-20-10-8-19(9-11-20)22-23(31)29-16-14-25(24(29)27-26-22)13-15-28(17-25)21(30)12-7-18-5-3-2-4-6-18/h2-6,8-11H,7,12-17H2,1H3/t25-/m0/s1. The minimum atomic E-state index is -0.271. The maximum atomic E-state index is 13.2. The highest BCUT2D eigenvalue weighted by Crippen LogP contribution is 2.41. The van der Waals surface area contributed by atoms with Gasteiger partial charge in [0.15, 0.2) is 5.69 Å². The van der Waals surface area contributed by atoms with E-state index in [0.717, 1.165) is 36.4 Å². The first kappa shape index (κ1) is 20.4. The third-order valence-corrected chi connectivity index (χ3v) is 6.78. The number of fused-ring (bicyclic) bond motifs is 2. The highest BCUT2D eigenvalue weighted by atomic mass is 16.5. The van der Waals surface area contributed by atoms with Crippen molar-refractivity contribution in [1.29, 1.82) is 0 Å². The largest absolute Gasteiger partial charge is 0.497 e. The molecule has 1 amide bonds. The summed E-state index contributed by atoms with van der Waals surface area (Å²) >= 11 is 0. The van der Waals surface area contributed by atoms with E-state index in [1.807, 2.05) is 59.5 Å². The van der Waals surface area contributed by atoms with E-state index in [9.17, 15) is 9.59 Å². The number of hydrogen-bond acceptors (Lipinski definition) is 5. The van der Waals surface area contributed by atoms with Gasteiger partial charge < -0.3 is 9.64 Å². The maximum Gasteiger partial charge on any atom is 0.280 e. The van der Waals surface area contributed by atoms with Crippen LogP contribution in [0.4, 0.5) is 0 Å². The summed E-state index contributed by atoms with van der Waals surface area (Å²) in [6, 6.07) is 17.3. The van der Waals surface area contributed by atoms with Crippen molar-refractivity contribution in [3.8, 4) is 17.0 Å². The second kappa shape index (κ2) is 8.22. The number of carbonyl (C=O) groups excluding carboxylic acids is 1. The summed E-state index contributed by atoms with van der Waals surface area (Å²) in [7, 11) is 1.61. The molecular formula is C25H26N4O3. The summed E-state index contributed by atoms with van der Waals surface area (Å²) in [5.74, 6) is 1.61. The Balaban J connectivity index is 1.33. The summed E-state index contributed by atoms with van der Waals surface area (Å²) in [5.41, 5.74) is 1.86. The second-order valence-corrected chi connectivity index (χ2v) is 8.64. The molecule has 2 aliphatic rings. The Morgan fingerprint density at radius 3 is 2.53 bits per heavy atom. The van der Waals surface area contributed by atoms with Crippen LogP contribution in [0, 0.1) is 0 Å². The van der Waals surface area contributed by atoms with Gasteiger partial charge in [-0.15, -0.1) is 10.2 Å². The number of methoxy groups -OCH3 is 1. The molecule has 1 aromatic heterocycles. The molecule has 0 aliphatic carbocycles. The molecule has 1 atom stereocenters. The summed E-state index contributed by atoms with van der Waals surface area (Å²) in [6.07, 6.45) is 2.87. The van der Waals surface area contributed by atoms with Crippen LogP contribution in [0.2, 0.25) is 0 Å². The van der Waals surface area contributed by atoms with Gasteiger partial charge in [0.25, 0.3) is 5.56 Å². The molecule has 5 rings (SSSR count). The van der Waals surface area contributed by atoms with Crippen molar-refractivity contribution >= 4 is 5.91 Å². The summed E-state index contributed by atoms with van der Waals surface area (Å²) < 4.78 is 6.95. The van der Waals surface area contributed by atoms with Crippen LogP contribution in [0.5, 0.6) is 5.75 Å². The van der Waals surface area contributed by atoms with Gasteiger partial charge in [-0.3, -0.25) is 14.2 Å². The van der Waals surface area contributed by atoms with Crippen LogP contribution in [-0.4, -0.2) is 45.8 Å². The number of likely N-dealkylation sites (tertiary alicyclic amines) is 1. The van der Waals surface area contributed by atoms with Gasteiger partial charge in [-0.2, -0.15) is 0 Å². The van der Waals surface area contributed by atoms with Crippen LogP contribution in [0.3, 0.4) is 0 Å². The molecule has 0 saturated carbocycles. The number of nitrogens with zero attached hydrogens (tertiary/aromatic N) is 4. The third-order valence-electron chi connectivity index (χ3n) is 6.78. The van der Waals surface area contributed by atoms with Gasteiger partial charge in [-0.1, -0.05) is 30.3 Å². The quantitative estimate of drug-likeness (QED) is 0.622. The number of aryl methyl sites for hydroxylation is 1. The molecular weight excluding hydrogens is 404 g/mol. The Bertz CT molecular complexity index is 1190. The third kappa shape index (κ3) is 3.57. The van der Waals surface area contributed by atoms with Gasteiger partial charge in [0, 0.05) is 31.6 Å². The molecule has 1 saturated heterocycles. The van der Waals surface area contributed by atoms with Gasteiger partial charge in [0.1, 0.15) is 11.6 Å². The normalized spacial score (nSPS) is 19.3. The topological polar surface area (TPSA) is 77.3 Å². The molecule has 7 nitrogen and oxygen atoms in total. The van der Waals surface area contributed by atoms with Crippen molar-refractivity contribution in [3.63, 3.8) is 0 Å². The van der Waals surface area contributed by atoms with Gasteiger partial charge in [-0.25, -0.2) is 0 Å². The average molecular weight is 431 g/mol. The van der Waals surface area contributed by atoms with Gasteiger partial charge in [0.2, 0.25) is 5.91 Å². The predicted molar refractivity (Wildman–Crippen MR) is 121 cm³/mol. The number of carbonyl (C=O) groups is 1. The Morgan fingerprint density at radius 2 is 1.78 bits per heavy atom. The fraction of sp³-hybridized carbons (Fsp3) is 0.360. The van der Waals surface area contributed by atoms with Crippen LogP contribution >= 0.6 is 0 Å². The van der Waals surface area contributed by atoms with Gasteiger partial charge in [0.05, 0.1) is 12.5 Å². The number of amides is 1.